The van der Waals surface area contributed by atoms with Crippen LogP contribution in [-0.2, 0) is 0 Å². The van der Waals surface area contributed by atoms with E-state index >= 15 is 0 Å². The van der Waals surface area contributed by atoms with Gasteiger partial charge in [0.15, 0.2) is 0 Å². The van der Waals surface area contributed by atoms with E-state index < -0.39 is 11.7 Å². The third-order valence-electron chi connectivity index (χ3n) is 2.40. The summed E-state index contributed by atoms with van der Waals surface area (Å²) in [5.41, 5.74) is -0.347. The molecule has 5 heteroatoms. The van der Waals surface area contributed by atoms with Crippen molar-refractivity contribution < 1.29 is 14.3 Å². The van der Waals surface area contributed by atoms with Gasteiger partial charge in [-0.25, -0.2) is 4.39 Å². The Morgan fingerprint density at radius 3 is 2.71 bits per heavy atom. The summed E-state index contributed by atoms with van der Waals surface area (Å²) < 4.78 is 13.3. The highest BCUT2D eigenvalue weighted by molar-refractivity contribution is 6.21. The number of carbonyl (C=O) groups is 1. The summed E-state index contributed by atoms with van der Waals surface area (Å²) in [7, 11) is 0. The molecule has 3 nitrogen and oxygen atoms in total. The van der Waals surface area contributed by atoms with Gasteiger partial charge in [-0.15, -0.1) is 11.6 Å². The van der Waals surface area contributed by atoms with Crippen molar-refractivity contribution in [1.82, 2.24) is 5.32 Å². The second kappa shape index (κ2) is 5.87. The summed E-state index contributed by atoms with van der Waals surface area (Å²) in [4.78, 5) is 11.6. The lowest BCUT2D eigenvalue weighted by atomic mass is 10.1. The van der Waals surface area contributed by atoms with Crippen molar-refractivity contribution in [2.24, 2.45) is 5.92 Å². The third-order valence-corrected chi connectivity index (χ3v) is 3.06. The predicted molar refractivity (Wildman–Crippen MR) is 64.9 cm³/mol. The van der Waals surface area contributed by atoms with Crippen molar-refractivity contribution >= 4 is 17.5 Å². The second-order valence-corrected chi connectivity index (χ2v) is 4.66. The average Bonchev–Trinajstić information content (AvgIpc) is 2.25. The van der Waals surface area contributed by atoms with Gasteiger partial charge in [0.2, 0.25) is 0 Å². The quantitative estimate of drug-likeness (QED) is 0.817. The minimum Gasteiger partial charge on any atom is -0.507 e. The number of benzene rings is 1. The number of alkyl halides is 1. The molecule has 0 spiro atoms. The van der Waals surface area contributed by atoms with E-state index in [1.54, 1.807) is 0 Å². The van der Waals surface area contributed by atoms with Crippen LogP contribution in [0.25, 0.3) is 0 Å². The number of rotatable bonds is 4. The molecule has 1 atom stereocenters. The van der Waals surface area contributed by atoms with E-state index in [4.69, 9.17) is 11.6 Å². The van der Waals surface area contributed by atoms with Crippen LogP contribution in [0.15, 0.2) is 18.2 Å². The summed E-state index contributed by atoms with van der Waals surface area (Å²) in [5.74, 6) is -1.59. The zero-order valence-electron chi connectivity index (χ0n) is 9.71. The van der Waals surface area contributed by atoms with Gasteiger partial charge in [-0.1, -0.05) is 19.9 Å². The van der Waals surface area contributed by atoms with Crippen LogP contribution in [0.2, 0.25) is 0 Å². The number of hydrogen-bond acceptors (Lipinski definition) is 2. The second-order valence-electron chi connectivity index (χ2n) is 4.10. The maximum atomic E-state index is 13.3. The van der Waals surface area contributed by atoms with Crippen molar-refractivity contribution in [3.63, 3.8) is 0 Å². The molecule has 17 heavy (non-hydrogen) atoms. The standard InChI is InChI=1S/C12H15ClFNO2/c1-7(2)8(13)6-15-12(17)11-9(14)4-3-5-10(11)16/h3-5,7-8,16H,6H2,1-2H3,(H,15,17). The van der Waals surface area contributed by atoms with Gasteiger partial charge in [0.1, 0.15) is 17.1 Å². The molecule has 2 N–H and O–H groups in total. The maximum Gasteiger partial charge on any atom is 0.258 e. The van der Waals surface area contributed by atoms with Gasteiger partial charge in [-0.3, -0.25) is 4.79 Å². The molecule has 1 aromatic carbocycles. The van der Waals surface area contributed by atoms with Crippen molar-refractivity contribution in [2.75, 3.05) is 6.54 Å². The molecule has 0 aliphatic rings. The van der Waals surface area contributed by atoms with Crippen molar-refractivity contribution in [2.45, 2.75) is 19.2 Å². The SMILES string of the molecule is CC(C)C(Cl)CNC(=O)c1c(O)cccc1F. The zero-order chi connectivity index (χ0) is 13.0. The molecular formula is C12H15ClFNO2. The molecule has 0 bridgehead atoms. The van der Waals surface area contributed by atoms with Crippen molar-refractivity contribution in [3.05, 3.63) is 29.6 Å². The molecule has 0 aliphatic carbocycles. The van der Waals surface area contributed by atoms with Crippen LogP contribution >= 0.6 is 11.6 Å². The Hall–Kier alpha value is -1.29. The molecule has 0 aliphatic heterocycles. The molecular weight excluding hydrogens is 245 g/mol. The van der Waals surface area contributed by atoms with Crippen LogP contribution in [0.3, 0.4) is 0 Å². The summed E-state index contributed by atoms with van der Waals surface area (Å²) in [5, 5.41) is 11.7. The van der Waals surface area contributed by atoms with Crippen LogP contribution in [0.4, 0.5) is 4.39 Å². The van der Waals surface area contributed by atoms with Gasteiger partial charge in [0.05, 0.1) is 5.38 Å². The first-order valence-electron chi connectivity index (χ1n) is 5.33. The lowest BCUT2D eigenvalue weighted by molar-refractivity contribution is 0.0945. The van der Waals surface area contributed by atoms with E-state index in [1.807, 2.05) is 13.8 Å². The van der Waals surface area contributed by atoms with Gasteiger partial charge in [-0.2, -0.15) is 0 Å². The van der Waals surface area contributed by atoms with E-state index in [2.05, 4.69) is 5.32 Å². The number of phenolic OH excluding ortho intramolecular Hbond substituents is 1. The van der Waals surface area contributed by atoms with E-state index in [9.17, 15) is 14.3 Å². The number of halogens is 2. The van der Waals surface area contributed by atoms with Gasteiger partial charge in [0.25, 0.3) is 5.91 Å². The first kappa shape index (κ1) is 13.8. The molecule has 94 valence electrons. The van der Waals surface area contributed by atoms with E-state index in [0.29, 0.717) is 0 Å². The Morgan fingerprint density at radius 2 is 2.18 bits per heavy atom. The van der Waals surface area contributed by atoms with Gasteiger partial charge >= 0.3 is 0 Å². The topological polar surface area (TPSA) is 49.3 Å². The maximum absolute atomic E-state index is 13.3. The number of amides is 1. The fraction of sp³-hybridized carbons (Fsp3) is 0.417. The summed E-state index contributed by atoms with van der Waals surface area (Å²) >= 11 is 5.96. The number of nitrogens with one attached hydrogen (secondary N) is 1. The molecule has 1 amide bonds. The lowest BCUT2D eigenvalue weighted by Crippen LogP contribution is -2.32. The first-order chi connectivity index (χ1) is 7.93. The number of aromatic hydroxyl groups is 1. The third kappa shape index (κ3) is 3.60. The van der Waals surface area contributed by atoms with E-state index in [1.165, 1.54) is 12.1 Å². The van der Waals surface area contributed by atoms with Crippen molar-refractivity contribution in [1.29, 1.82) is 0 Å². The molecule has 1 unspecified atom stereocenters. The summed E-state index contributed by atoms with van der Waals surface area (Å²) in [6, 6.07) is 3.72. The number of phenols is 1. The van der Waals surface area contributed by atoms with Crippen molar-refractivity contribution in [3.8, 4) is 5.75 Å². The minimum atomic E-state index is -0.752. The van der Waals surface area contributed by atoms with Crippen LogP contribution in [0.1, 0.15) is 24.2 Å². The van der Waals surface area contributed by atoms with Crippen LogP contribution < -0.4 is 5.32 Å². The summed E-state index contributed by atoms with van der Waals surface area (Å²) in [6.07, 6.45) is 0. The Balaban J connectivity index is 2.71. The Kier molecular flexibility index (Phi) is 4.75. The Labute approximate surface area is 105 Å². The molecule has 1 aromatic rings. The van der Waals surface area contributed by atoms with Gasteiger partial charge < -0.3 is 10.4 Å². The molecule has 1 rings (SSSR count). The molecule has 0 saturated heterocycles. The predicted octanol–water partition coefficient (Wildman–Crippen LogP) is 2.52. The molecule has 0 heterocycles. The largest absolute Gasteiger partial charge is 0.507 e. The Morgan fingerprint density at radius 1 is 1.53 bits per heavy atom. The lowest BCUT2D eigenvalue weighted by Gasteiger charge is -2.14. The highest BCUT2D eigenvalue weighted by Gasteiger charge is 2.18. The smallest absolute Gasteiger partial charge is 0.258 e. The molecule has 0 saturated carbocycles. The highest BCUT2D eigenvalue weighted by atomic mass is 35.5. The minimum absolute atomic E-state index is 0.200. The van der Waals surface area contributed by atoms with E-state index in [-0.39, 0.29) is 29.2 Å². The van der Waals surface area contributed by atoms with Crippen LogP contribution in [0.5, 0.6) is 5.75 Å². The number of carbonyl (C=O) groups excluding carboxylic acids is 1. The highest BCUT2D eigenvalue weighted by Crippen LogP contribution is 2.19. The molecule has 0 fully saturated rings. The van der Waals surface area contributed by atoms with Gasteiger partial charge in [0, 0.05) is 6.54 Å². The summed E-state index contributed by atoms with van der Waals surface area (Å²) in [6.45, 7) is 4.07. The zero-order valence-corrected chi connectivity index (χ0v) is 10.5. The first-order valence-corrected chi connectivity index (χ1v) is 5.77. The Bertz CT molecular complexity index is 389. The van der Waals surface area contributed by atoms with Gasteiger partial charge in [-0.05, 0) is 18.1 Å². The average molecular weight is 260 g/mol. The van der Waals surface area contributed by atoms with Crippen LogP contribution in [0, 0.1) is 11.7 Å². The molecule has 0 aromatic heterocycles. The number of hydrogen-bond donors (Lipinski definition) is 2. The van der Waals surface area contributed by atoms with Crippen LogP contribution in [-0.4, -0.2) is 22.9 Å². The fourth-order valence-corrected chi connectivity index (χ4v) is 1.33. The molecule has 0 radical (unpaired) electrons. The fourth-order valence-electron chi connectivity index (χ4n) is 1.25. The van der Waals surface area contributed by atoms with E-state index in [0.717, 1.165) is 6.07 Å². The monoisotopic (exact) mass is 259 g/mol. The normalized spacial score (nSPS) is 12.5.